The molecule has 32 heavy (non-hydrogen) atoms. The number of hydrogen-bond acceptors (Lipinski definition) is 6. The van der Waals surface area contributed by atoms with Crippen LogP contribution in [0.4, 0.5) is 14.9 Å². The molecule has 6 nitrogen and oxygen atoms in total. The molecule has 4 atom stereocenters. The molecule has 2 aromatic heterocycles. The summed E-state index contributed by atoms with van der Waals surface area (Å²) in [5, 5.41) is 4.70. The lowest BCUT2D eigenvalue weighted by atomic mass is 9.78. The Morgan fingerprint density at radius 3 is 2.84 bits per heavy atom. The van der Waals surface area contributed by atoms with E-state index in [1.54, 1.807) is 11.1 Å². The summed E-state index contributed by atoms with van der Waals surface area (Å²) in [5.74, 6) is 7.20. The van der Waals surface area contributed by atoms with E-state index in [0.29, 0.717) is 34.8 Å². The Morgan fingerprint density at radius 2 is 2.16 bits per heavy atom. The number of amides is 1. The zero-order chi connectivity index (χ0) is 22.4. The van der Waals surface area contributed by atoms with Gasteiger partial charge in [-0.3, -0.25) is 4.90 Å². The second-order valence-corrected chi connectivity index (χ2v) is 9.74. The normalized spacial score (nSPS) is 25.9. The Balaban J connectivity index is 1.62. The highest BCUT2D eigenvalue weighted by molar-refractivity contribution is 7.98. The third-order valence-electron chi connectivity index (χ3n) is 6.96. The van der Waals surface area contributed by atoms with Gasteiger partial charge in [-0.25, -0.2) is 19.2 Å². The van der Waals surface area contributed by atoms with Crippen LogP contribution in [0.15, 0.2) is 11.2 Å². The van der Waals surface area contributed by atoms with Gasteiger partial charge < -0.3 is 10.1 Å². The zero-order valence-corrected chi connectivity index (χ0v) is 19.5. The molecule has 4 fully saturated rings. The largest absolute Gasteiger partial charge is 0.453 e. The van der Waals surface area contributed by atoms with Crippen molar-refractivity contribution in [2.24, 2.45) is 11.8 Å². The number of pyridine rings is 2. The molecule has 1 saturated heterocycles. The molecule has 0 spiro atoms. The third kappa shape index (κ3) is 3.56. The van der Waals surface area contributed by atoms with Gasteiger partial charge in [0.05, 0.1) is 24.4 Å². The summed E-state index contributed by atoms with van der Waals surface area (Å²) in [6, 6.07) is 0.133. The lowest BCUT2D eigenvalue weighted by Gasteiger charge is -2.37. The van der Waals surface area contributed by atoms with Gasteiger partial charge in [0.2, 0.25) is 0 Å². The van der Waals surface area contributed by atoms with Gasteiger partial charge in [0.1, 0.15) is 10.5 Å². The summed E-state index contributed by atoms with van der Waals surface area (Å²) in [5.41, 5.74) is 1.68. The molecule has 3 saturated carbocycles. The molecule has 0 radical (unpaired) electrons. The minimum atomic E-state index is -0.619. The molecular formula is C23H24ClFN4O2S. The second-order valence-electron chi connectivity index (χ2n) is 8.59. The monoisotopic (exact) mass is 474 g/mol. The molecule has 9 heteroatoms. The van der Waals surface area contributed by atoms with Crippen molar-refractivity contribution < 1.29 is 13.9 Å². The van der Waals surface area contributed by atoms with Crippen LogP contribution in [0.3, 0.4) is 0 Å². The standard InChI is InChI=1S/C23H24ClFN4O2S/c1-31-23(30)29-9-3-4-14(29)7-8-15-19(27-18-12-5-6-13(18)10-12)16-11-26-21(24)17(25)20(16)28-22(15)32-2/h11-14,18H,3-6,9-10H2,1-2H3,(H,27,28)/t12-,13+,14-,18-/m1/s1. The van der Waals surface area contributed by atoms with Crippen LogP contribution in [0.1, 0.15) is 37.7 Å². The van der Waals surface area contributed by atoms with Crippen LogP contribution in [0.5, 0.6) is 0 Å². The molecule has 0 unspecified atom stereocenters. The highest BCUT2D eigenvalue weighted by Crippen LogP contribution is 2.50. The summed E-state index contributed by atoms with van der Waals surface area (Å²) in [7, 11) is 1.38. The van der Waals surface area contributed by atoms with Crippen molar-refractivity contribution >= 4 is 46.0 Å². The van der Waals surface area contributed by atoms with Gasteiger partial charge in [-0.05, 0) is 50.2 Å². The van der Waals surface area contributed by atoms with Crippen LogP contribution < -0.4 is 5.32 Å². The number of likely N-dealkylation sites (tertiary alicyclic amines) is 1. The summed E-state index contributed by atoms with van der Waals surface area (Å²) < 4.78 is 19.7. The third-order valence-corrected chi connectivity index (χ3v) is 7.90. The first-order chi connectivity index (χ1) is 15.5. The summed E-state index contributed by atoms with van der Waals surface area (Å²) in [6.07, 6.45) is 8.45. The van der Waals surface area contributed by atoms with Crippen molar-refractivity contribution in [3.63, 3.8) is 0 Å². The van der Waals surface area contributed by atoms with Gasteiger partial charge in [-0.1, -0.05) is 23.4 Å². The number of nitrogens with one attached hydrogen (secondary N) is 1. The van der Waals surface area contributed by atoms with E-state index in [1.807, 2.05) is 6.26 Å². The number of anilines is 1. The molecule has 0 aromatic carbocycles. The number of thioether (sulfide) groups is 1. The summed E-state index contributed by atoms with van der Waals surface area (Å²) in [6.45, 7) is 0.627. The van der Waals surface area contributed by atoms with Crippen LogP contribution >= 0.6 is 23.4 Å². The maximum atomic E-state index is 14.8. The molecule has 2 aromatic rings. The van der Waals surface area contributed by atoms with Gasteiger partial charge in [0.25, 0.3) is 0 Å². The maximum absolute atomic E-state index is 14.8. The van der Waals surface area contributed by atoms with Crippen LogP contribution in [0.25, 0.3) is 10.9 Å². The Bertz CT molecular complexity index is 1140. The first-order valence-corrected chi connectivity index (χ1v) is 12.5. The highest BCUT2D eigenvalue weighted by atomic mass is 35.5. The smallest absolute Gasteiger partial charge is 0.410 e. The fourth-order valence-electron chi connectivity index (χ4n) is 5.26. The van der Waals surface area contributed by atoms with E-state index in [0.717, 1.165) is 24.1 Å². The van der Waals surface area contributed by atoms with E-state index in [-0.39, 0.29) is 22.8 Å². The van der Waals surface area contributed by atoms with E-state index in [4.69, 9.17) is 16.3 Å². The topological polar surface area (TPSA) is 67.3 Å². The number of aromatic nitrogens is 2. The van der Waals surface area contributed by atoms with Gasteiger partial charge in [0.15, 0.2) is 11.0 Å². The highest BCUT2D eigenvalue weighted by Gasteiger charge is 2.47. The van der Waals surface area contributed by atoms with Crippen LogP contribution in [-0.4, -0.2) is 53.0 Å². The molecule has 3 heterocycles. The predicted octanol–water partition coefficient (Wildman–Crippen LogP) is 4.94. The minimum Gasteiger partial charge on any atom is -0.453 e. The molecular weight excluding hydrogens is 451 g/mol. The number of methoxy groups -OCH3 is 1. The van der Waals surface area contributed by atoms with Crippen LogP contribution in [0.2, 0.25) is 5.15 Å². The van der Waals surface area contributed by atoms with Crippen molar-refractivity contribution in [3.05, 3.63) is 22.7 Å². The SMILES string of the molecule is COC(=O)N1CCC[C@@H]1C#Cc1c(SC)nc2c(F)c(Cl)ncc2c1N[C@@H]1[C@@H]2CC[C@H]1C2. The van der Waals surface area contributed by atoms with Gasteiger partial charge in [-0.15, -0.1) is 11.8 Å². The van der Waals surface area contributed by atoms with Gasteiger partial charge >= 0.3 is 6.09 Å². The number of hydrogen-bond donors (Lipinski definition) is 1. The Morgan fingerprint density at radius 1 is 1.38 bits per heavy atom. The fourth-order valence-corrected chi connectivity index (χ4v) is 5.94. The first kappa shape index (κ1) is 21.6. The Hall–Kier alpha value is -2.24. The maximum Gasteiger partial charge on any atom is 0.410 e. The van der Waals surface area contributed by atoms with Crippen molar-refractivity contribution in [2.75, 3.05) is 25.2 Å². The van der Waals surface area contributed by atoms with E-state index < -0.39 is 5.82 Å². The van der Waals surface area contributed by atoms with Gasteiger partial charge in [0, 0.05) is 24.2 Å². The molecule has 3 aliphatic carbocycles. The molecule has 4 aliphatic rings. The molecule has 1 N–H and O–H groups in total. The van der Waals surface area contributed by atoms with Crippen LogP contribution in [-0.2, 0) is 4.74 Å². The molecule has 1 amide bonds. The predicted molar refractivity (Wildman–Crippen MR) is 124 cm³/mol. The van der Waals surface area contributed by atoms with E-state index in [1.165, 1.54) is 38.1 Å². The number of rotatable bonds is 3. The minimum absolute atomic E-state index is 0.190. The molecule has 6 rings (SSSR count). The van der Waals surface area contributed by atoms with Crippen LogP contribution in [0, 0.1) is 29.5 Å². The Labute approximate surface area is 195 Å². The summed E-state index contributed by atoms with van der Waals surface area (Å²) in [4.78, 5) is 22.3. The number of halogens is 2. The number of fused-ring (bicyclic) bond motifs is 2. The number of nitrogens with zero attached hydrogens (tertiary/aromatic N) is 3. The van der Waals surface area contributed by atoms with E-state index >= 15 is 0 Å². The van der Waals surface area contributed by atoms with Crippen molar-refractivity contribution in [2.45, 2.75) is 49.2 Å². The number of carbonyl (C=O) groups is 1. The second kappa shape index (κ2) is 8.60. The molecule has 168 valence electrons. The molecule has 2 bridgehead atoms. The lowest BCUT2D eigenvalue weighted by Crippen LogP contribution is -2.40. The number of carbonyl (C=O) groups excluding carboxylic acids is 1. The quantitative estimate of drug-likeness (QED) is 0.386. The average Bonchev–Trinajstić information content (AvgIpc) is 3.55. The van der Waals surface area contributed by atoms with Crippen molar-refractivity contribution in [1.29, 1.82) is 0 Å². The van der Waals surface area contributed by atoms with Gasteiger partial charge in [-0.2, -0.15) is 0 Å². The Kier molecular flexibility index (Phi) is 5.81. The van der Waals surface area contributed by atoms with E-state index in [2.05, 4.69) is 27.1 Å². The average molecular weight is 475 g/mol. The van der Waals surface area contributed by atoms with E-state index in [9.17, 15) is 9.18 Å². The van der Waals surface area contributed by atoms with Crippen molar-refractivity contribution in [1.82, 2.24) is 14.9 Å². The summed E-state index contributed by atoms with van der Waals surface area (Å²) >= 11 is 7.37. The van der Waals surface area contributed by atoms with Crippen molar-refractivity contribution in [3.8, 4) is 11.8 Å². The first-order valence-electron chi connectivity index (χ1n) is 10.9. The number of ether oxygens (including phenoxy) is 1. The zero-order valence-electron chi connectivity index (χ0n) is 18.0. The fraction of sp³-hybridized carbons (Fsp3) is 0.522. The lowest BCUT2D eigenvalue weighted by molar-refractivity contribution is 0.126. The molecule has 1 aliphatic heterocycles.